The van der Waals surface area contributed by atoms with Crippen molar-refractivity contribution in [3.63, 3.8) is 0 Å². The van der Waals surface area contributed by atoms with E-state index in [-0.39, 0.29) is 11.4 Å². The standard InChI is InChI=1S/C13H10F6N2OS2/c1-5(7-3-23-10(20-7)12(14,15)16)9(22)6(2)8-4-24-11(21-8)13(17,18)19/h3-6H,1-2H3. The number of hydrogen-bond acceptors (Lipinski definition) is 5. The van der Waals surface area contributed by atoms with Gasteiger partial charge in [-0.25, -0.2) is 9.97 Å². The number of rotatable bonds is 4. The van der Waals surface area contributed by atoms with Gasteiger partial charge in [-0.05, 0) is 13.8 Å². The van der Waals surface area contributed by atoms with E-state index in [1.165, 1.54) is 13.8 Å². The molecule has 132 valence electrons. The molecule has 2 heterocycles. The van der Waals surface area contributed by atoms with Gasteiger partial charge in [0.15, 0.2) is 10.0 Å². The lowest BCUT2D eigenvalue weighted by Crippen LogP contribution is -2.18. The van der Waals surface area contributed by atoms with Crippen LogP contribution in [0.2, 0.25) is 0 Å². The number of carbonyl (C=O) groups is 1. The third kappa shape index (κ3) is 3.94. The molecule has 0 spiro atoms. The van der Waals surface area contributed by atoms with E-state index in [1.807, 2.05) is 0 Å². The molecule has 0 N–H and O–H groups in total. The second-order valence-electron chi connectivity index (χ2n) is 5.00. The smallest absolute Gasteiger partial charge is 0.298 e. The molecule has 0 amide bonds. The SMILES string of the molecule is CC(C(=O)C(C)c1csc(C(F)(F)F)n1)c1csc(C(F)(F)F)n1. The van der Waals surface area contributed by atoms with Crippen molar-refractivity contribution in [2.24, 2.45) is 0 Å². The first-order valence-electron chi connectivity index (χ1n) is 6.50. The van der Waals surface area contributed by atoms with E-state index < -0.39 is 40.0 Å². The number of hydrogen-bond donors (Lipinski definition) is 0. The summed E-state index contributed by atoms with van der Waals surface area (Å²) >= 11 is 0.733. The molecule has 3 nitrogen and oxygen atoms in total. The lowest BCUT2D eigenvalue weighted by Gasteiger charge is -2.13. The fourth-order valence-corrected chi connectivity index (χ4v) is 3.46. The van der Waals surface area contributed by atoms with Crippen LogP contribution in [-0.4, -0.2) is 15.8 Å². The van der Waals surface area contributed by atoms with Crippen molar-refractivity contribution in [2.75, 3.05) is 0 Å². The van der Waals surface area contributed by atoms with Crippen LogP contribution in [0.25, 0.3) is 0 Å². The van der Waals surface area contributed by atoms with Gasteiger partial charge < -0.3 is 0 Å². The molecule has 0 bridgehead atoms. The second-order valence-corrected chi connectivity index (χ2v) is 6.71. The quantitative estimate of drug-likeness (QED) is 0.684. The van der Waals surface area contributed by atoms with E-state index in [2.05, 4.69) is 9.97 Å². The Hall–Kier alpha value is -1.49. The highest BCUT2D eigenvalue weighted by Crippen LogP contribution is 2.36. The van der Waals surface area contributed by atoms with E-state index in [1.54, 1.807) is 0 Å². The van der Waals surface area contributed by atoms with Crippen molar-refractivity contribution >= 4 is 28.5 Å². The highest BCUT2D eigenvalue weighted by atomic mass is 32.1. The minimum absolute atomic E-state index is 0.0598. The summed E-state index contributed by atoms with van der Waals surface area (Å²) in [5, 5.41) is 0.108. The van der Waals surface area contributed by atoms with Gasteiger partial charge in [0.05, 0.1) is 23.2 Å². The lowest BCUT2D eigenvalue weighted by molar-refractivity contribution is -0.138. The molecule has 0 saturated carbocycles. The summed E-state index contributed by atoms with van der Waals surface area (Å²) in [4.78, 5) is 19.1. The van der Waals surface area contributed by atoms with Crippen LogP contribution in [-0.2, 0) is 17.1 Å². The molecule has 0 saturated heterocycles. The van der Waals surface area contributed by atoms with Gasteiger partial charge in [0.2, 0.25) is 0 Å². The first-order valence-corrected chi connectivity index (χ1v) is 8.26. The predicted octanol–water partition coefficient (Wildman–Crippen LogP) is 5.11. The summed E-state index contributed by atoms with van der Waals surface area (Å²) in [6.45, 7) is 2.73. The van der Waals surface area contributed by atoms with Crippen LogP contribution >= 0.6 is 22.7 Å². The van der Waals surface area contributed by atoms with Crippen molar-refractivity contribution in [1.82, 2.24) is 9.97 Å². The molecule has 0 radical (unpaired) electrons. The van der Waals surface area contributed by atoms with Crippen molar-refractivity contribution in [2.45, 2.75) is 38.0 Å². The molecular weight excluding hydrogens is 378 g/mol. The molecule has 0 aliphatic rings. The van der Waals surface area contributed by atoms with Crippen LogP contribution in [0.5, 0.6) is 0 Å². The number of halogens is 6. The maximum atomic E-state index is 12.6. The van der Waals surface area contributed by atoms with Gasteiger partial charge in [0.25, 0.3) is 0 Å². The van der Waals surface area contributed by atoms with Gasteiger partial charge >= 0.3 is 12.4 Å². The van der Waals surface area contributed by atoms with E-state index in [0.717, 1.165) is 10.8 Å². The van der Waals surface area contributed by atoms with Gasteiger partial charge in [-0.15, -0.1) is 22.7 Å². The molecular formula is C13H10F6N2OS2. The highest BCUT2D eigenvalue weighted by Gasteiger charge is 2.37. The summed E-state index contributed by atoms with van der Waals surface area (Å²) in [6.07, 6.45) is -9.21. The Kier molecular flexibility index (Phi) is 5.05. The molecule has 11 heteroatoms. The molecule has 0 aliphatic carbocycles. The Morgan fingerprint density at radius 1 is 0.875 bits per heavy atom. The molecule has 2 atom stereocenters. The van der Waals surface area contributed by atoms with Gasteiger partial charge in [-0.1, -0.05) is 0 Å². The summed E-state index contributed by atoms with van der Waals surface area (Å²) in [5.74, 6) is -2.51. The minimum atomic E-state index is -4.60. The monoisotopic (exact) mass is 388 g/mol. The van der Waals surface area contributed by atoms with Crippen molar-refractivity contribution in [1.29, 1.82) is 0 Å². The summed E-state index contributed by atoms with van der Waals surface area (Å²) in [7, 11) is 0. The average Bonchev–Trinajstić information content (AvgIpc) is 3.12. The van der Waals surface area contributed by atoms with Crippen LogP contribution in [0.1, 0.15) is 47.1 Å². The number of carbonyl (C=O) groups excluding carboxylic acids is 1. The zero-order valence-electron chi connectivity index (χ0n) is 12.2. The van der Waals surface area contributed by atoms with Crippen molar-refractivity contribution in [3.8, 4) is 0 Å². The van der Waals surface area contributed by atoms with Crippen LogP contribution < -0.4 is 0 Å². The van der Waals surface area contributed by atoms with Crippen molar-refractivity contribution < 1.29 is 31.1 Å². The average molecular weight is 388 g/mol. The van der Waals surface area contributed by atoms with Crippen LogP contribution in [0.3, 0.4) is 0 Å². The van der Waals surface area contributed by atoms with E-state index >= 15 is 0 Å². The number of Topliss-reactive ketones (excluding diaryl/α,β-unsaturated/α-hetero) is 1. The molecule has 24 heavy (non-hydrogen) atoms. The Morgan fingerprint density at radius 3 is 1.46 bits per heavy atom. The zero-order valence-corrected chi connectivity index (χ0v) is 13.8. The summed E-state index contributed by atoms with van der Waals surface area (Å²) in [5.41, 5.74) is -0.120. The van der Waals surface area contributed by atoms with E-state index in [9.17, 15) is 31.1 Å². The van der Waals surface area contributed by atoms with Crippen LogP contribution in [0.15, 0.2) is 10.8 Å². The number of aromatic nitrogens is 2. The van der Waals surface area contributed by atoms with E-state index in [4.69, 9.17) is 0 Å². The maximum Gasteiger partial charge on any atom is 0.443 e. The Labute approximate surface area is 140 Å². The number of thiazole rings is 2. The topological polar surface area (TPSA) is 42.9 Å². The third-order valence-electron chi connectivity index (χ3n) is 3.27. The van der Waals surface area contributed by atoms with Crippen LogP contribution in [0, 0.1) is 0 Å². The van der Waals surface area contributed by atoms with Gasteiger partial charge in [0, 0.05) is 10.8 Å². The fourth-order valence-electron chi connectivity index (χ4n) is 1.90. The van der Waals surface area contributed by atoms with Gasteiger partial charge in [-0.3, -0.25) is 4.79 Å². The zero-order chi connectivity index (χ0) is 18.3. The summed E-state index contributed by atoms with van der Waals surface area (Å²) < 4.78 is 75.3. The van der Waals surface area contributed by atoms with Gasteiger partial charge in [0.1, 0.15) is 5.78 Å². The molecule has 2 aromatic rings. The molecule has 0 aliphatic heterocycles. The number of alkyl halides is 6. The van der Waals surface area contributed by atoms with E-state index in [0.29, 0.717) is 22.7 Å². The van der Waals surface area contributed by atoms with Crippen LogP contribution in [0.4, 0.5) is 26.3 Å². The number of nitrogens with zero attached hydrogens (tertiary/aromatic N) is 2. The molecule has 2 unspecified atom stereocenters. The summed E-state index contributed by atoms with van der Waals surface area (Å²) in [6, 6.07) is 0. The highest BCUT2D eigenvalue weighted by molar-refractivity contribution is 7.10. The minimum Gasteiger partial charge on any atom is -0.298 e. The van der Waals surface area contributed by atoms with Gasteiger partial charge in [-0.2, -0.15) is 26.3 Å². The third-order valence-corrected chi connectivity index (χ3v) is 5.08. The molecule has 2 aromatic heterocycles. The first-order chi connectivity index (χ1) is 10.9. The first kappa shape index (κ1) is 18.8. The predicted molar refractivity (Wildman–Crippen MR) is 76.1 cm³/mol. The fraction of sp³-hybridized carbons (Fsp3) is 0.462. The number of ketones is 1. The second kappa shape index (κ2) is 6.43. The molecule has 0 aromatic carbocycles. The Bertz CT molecular complexity index is 673. The normalized spacial score (nSPS) is 15.3. The largest absolute Gasteiger partial charge is 0.443 e. The van der Waals surface area contributed by atoms with Crippen molar-refractivity contribution in [3.05, 3.63) is 32.2 Å². The lowest BCUT2D eigenvalue weighted by atomic mass is 9.92. The Balaban J connectivity index is 2.18. The maximum absolute atomic E-state index is 12.6. The molecule has 0 fully saturated rings. The Morgan fingerprint density at radius 2 is 1.21 bits per heavy atom. The molecule has 2 rings (SSSR count).